The van der Waals surface area contributed by atoms with E-state index < -0.39 is 46.8 Å². The van der Waals surface area contributed by atoms with Gasteiger partial charge < -0.3 is 10.6 Å². The van der Waals surface area contributed by atoms with E-state index in [1.54, 1.807) is 23.1 Å². The summed E-state index contributed by atoms with van der Waals surface area (Å²) in [6, 6.07) is 7.53. The molecule has 204 valence electrons. The Labute approximate surface area is 228 Å². The molecule has 2 aliphatic rings. The van der Waals surface area contributed by atoms with E-state index in [1.165, 1.54) is 12.1 Å². The maximum atomic E-state index is 14.2. The summed E-state index contributed by atoms with van der Waals surface area (Å²) in [5.41, 5.74) is -0.130. The molecule has 40 heavy (non-hydrogen) atoms. The van der Waals surface area contributed by atoms with E-state index >= 15 is 0 Å². The molecule has 4 aromatic rings. The minimum Gasteiger partial charge on any atom is -0.341 e. The Morgan fingerprint density at radius 2 is 1.80 bits per heavy atom. The summed E-state index contributed by atoms with van der Waals surface area (Å²) in [5.74, 6) is -3.43. The number of hydrogen-bond donors (Lipinski definition) is 2. The SMILES string of the molecule is O=C(Nc1cc(-c2cnn(C3CC3)c2)cc2c1C(c1cc(F)ccc1Cl)NC2=O)c1cc(F)cc(C(F)(F)F)c1. The number of carbonyl (C=O) groups excluding carboxylic acids is 2. The first-order chi connectivity index (χ1) is 19.0. The van der Waals surface area contributed by atoms with Gasteiger partial charge in [-0.2, -0.15) is 18.3 Å². The van der Waals surface area contributed by atoms with Crippen LogP contribution in [0, 0.1) is 11.6 Å². The van der Waals surface area contributed by atoms with Crippen LogP contribution in [0.1, 0.15) is 62.3 Å². The van der Waals surface area contributed by atoms with Gasteiger partial charge in [-0.25, -0.2) is 8.78 Å². The van der Waals surface area contributed by atoms with Crippen molar-refractivity contribution in [1.82, 2.24) is 15.1 Å². The number of benzene rings is 3. The number of halogens is 6. The van der Waals surface area contributed by atoms with Crippen LogP contribution in [0.4, 0.5) is 27.6 Å². The van der Waals surface area contributed by atoms with Crippen LogP contribution in [0.25, 0.3) is 11.1 Å². The highest BCUT2D eigenvalue weighted by Gasteiger charge is 2.36. The lowest BCUT2D eigenvalue weighted by molar-refractivity contribution is -0.137. The number of carbonyl (C=O) groups is 2. The number of nitrogens with zero attached hydrogens (tertiary/aromatic N) is 2. The number of amides is 2. The third kappa shape index (κ3) is 4.81. The number of aromatic nitrogens is 2. The van der Waals surface area contributed by atoms with Crippen LogP contribution in [-0.2, 0) is 6.18 Å². The van der Waals surface area contributed by atoms with Gasteiger partial charge >= 0.3 is 6.18 Å². The molecule has 1 aliphatic carbocycles. The van der Waals surface area contributed by atoms with Gasteiger partial charge in [0, 0.05) is 44.7 Å². The quantitative estimate of drug-likeness (QED) is 0.255. The highest BCUT2D eigenvalue weighted by atomic mass is 35.5. The molecule has 6 nitrogen and oxygen atoms in total. The predicted molar refractivity (Wildman–Crippen MR) is 136 cm³/mol. The van der Waals surface area contributed by atoms with Crippen molar-refractivity contribution >= 4 is 29.1 Å². The van der Waals surface area contributed by atoms with E-state index in [0.29, 0.717) is 23.3 Å². The Bertz CT molecular complexity index is 1700. The van der Waals surface area contributed by atoms with E-state index in [9.17, 15) is 31.5 Å². The summed E-state index contributed by atoms with van der Waals surface area (Å²) in [6.07, 6.45) is 0.482. The maximum absolute atomic E-state index is 14.2. The Hall–Kier alpha value is -4.25. The lowest BCUT2D eigenvalue weighted by Crippen LogP contribution is -2.21. The fourth-order valence-electron chi connectivity index (χ4n) is 4.78. The summed E-state index contributed by atoms with van der Waals surface area (Å²) < 4.78 is 69.8. The van der Waals surface area contributed by atoms with Gasteiger partial charge in [0.15, 0.2) is 0 Å². The number of nitrogens with one attached hydrogen (secondary N) is 2. The second kappa shape index (κ2) is 9.44. The first kappa shape index (κ1) is 26.0. The molecule has 0 radical (unpaired) electrons. The molecule has 1 saturated carbocycles. The number of alkyl halides is 3. The zero-order valence-corrected chi connectivity index (χ0v) is 21.1. The molecule has 0 saturated heterocycles. The summed E-state index contributed by atoms with van der Waals surface area (Å²) in [4.78, 5) is 26.3. The maximum Gasteiger partial charge on any atom is 0.416 e. The first-order valence-corrected chi connectivity index (χ1v) is 12.5. The van der Waals surface area contributed by atoms with Gasteiger partial charge in [0.2, 0.25) is 0 Å². The summed E-state index contributed by atoms with van der Waals surface area (Å²) in [6.45, 7) is 0. The normalized spacial score (nSPS) is 16.6. The van der Waals surface area contributed by atoms with Crippen LogP contribution < -0.4 is 10.6 Å². The van der Waals surface area contributed by atoms with Gasteiger partial charge in [-0.3, -0.25) is 14.3 Å². The van der Waals surface area contributed by atoms with Crippen molar-refractivity contribution in [3.63, 3.8) is 0 Å². The number of fused-ring (bicyclic) bond motifs is 1. The third-order valence-electron chi connectivity index (χ3n) is 6.85. The molecule has 1 fully saturated rings. The van der Waals surface area contributed by atoms with Gasteiger partial charge in [0.05, 0.1) is 23.8 Å². The number of anilines is 1. The van der Waals surface area contributed by atoms with Crippen molar-refractivity contribution in [2.24, 2.45) is 0 Å². The second-order valence-corrected chi connectivity index (χ2v) is 10.1. The highest BCUT2D eigenvalue weighted by Crippen LogP contribution is 2.42. The Kier molecular flexibility index (Phi) is 6.14. The molecular weight excluding hydrogens is 555 g/mol. The minimum atomic E-state index is -4.88. The zero-order valence-electron chi connectivity index (χ0n) is 20.3. The van der Waals surface area contributed by atoms with Crippen molar-refractivity contribution < 1.29 is 31.5 Å². The Morgan fingerprint density at radius 1 is 1.02 bits per heavy atom. The van der Waals surface area contributed by atoms with Crippen molar-refractivity contribution in [3.05, 3.63) is 105 Å². The lowest BCUT2D eigenvalue weighted by Gasteiger charge is -2.19. The van der Waals surface area contributed by atoms with E-state index in [1.807, 2.05) is 0 Å². The van der Waals surface area contributed by atoms with Crippen LogP contribution in [0.5, 0.6) is 0 Å². The monoisotopic (exact) mass is 572 g/mol. The zero-order chi connectivity index (χ0) is 28.3. The van der Waals surface area contributed by atoms with Crippen molar-refractivity contribution in [2.45, 2.75) is 31.1 Å². The predicted octanol–water partition coefficient (Wildman–Crippen LogP) is 6.92. The molecule has 6 rings (SSSR count). The molecule has 2 N–H and O–H groups in total. The minimum absolute atomic E-state index is 0.0539. The third-order valence-corrected chi connectivity index (χ3v) is 7.19. The fraction of sp³-hybridized carbons (Fsp3) is 0.179. The largest absolute Gasteiger partial charge is 0.416 e. The molecule has 1 aromatic heterocycles. The van der Waals surface area contributed by atoms with Crippen LogP contribution in [0.2, 0.25) is 5.02 Å². The van der Waals surface area contributed by atoms with Crippen LogP contribution in [0.15, 0.2) is 60.9 Å². The Morgan fingerprint density at radius 3 is 2.52 bits per heavy atom. The topological polar surface area (TPSA) is 76.0 Å². The van der Waals surface area contributed by atoms with Gasteiger partial charge in [-0.15, -0.1) is 0 Å². The van der Waals surface area contributed by atoms with E-state index in [0.717, 1.165) is 25.0 Å². The van der Waals surface area contributed by atoms with Gasteiger partial charge in [-0.05, 0) is 66.9 Å². The Balaban J connectivity index is 1.47. The van der Waals surface area contributed by atoms with Crippen LogP contribution in [-0.4, -0.2) is 21.6 Å². The molecule has 12 heteroatoms. The van der Waals surface area contributed by atoms with E-state index in [4.69, 9.17) is 11.6 Å². The summed E-state index contributed by atoms with van der Waals surface area (Å²) in [7, 11) is 0. The number of hydrogen-bond acceptors (Lipinski definition) is 3. The molecule has 0 bridgehead atoms. The average molecular weight is 573 g/mol. The lowest BCUT2D eigenvalue weighted by atomic mass is 9.93. The highest BCUT2D eigenvalue weighted by molar-refractivity contribution is 6.31. The summed E-state index contributed by atoms with van der Waals surface area (Å²) >= 11 is 6.32. The smallest absolute Gasteiger partial charge is 0.341 e. The van der Waals surface area contributed by atoms with Crippen molar-refractivity contribution in [3.8, 4) is 11.1 Å². The molecule has 1 atom stereocenters. The van der Waals surface area contributed by atoms with Crippen molar-refractivity contribution in [2.75, 3.05) is 5.32 Å². The molecule has 2 heterocycles. The van der Waals surface area contributed by atoms with Gasteiger partial charge in [0.25, 0.3) is 11.8 Å². The molecule has 2 amide bonds. The van der Waals surface area contributed by atoms with E-state index in [-0.39, 0.29) is 39.5 Å². The second-order valence-electron chi connectivity index (χ2n) is 9.68. The standard InChI is InChI=1S/C28H18ClF5N4O2/c29-22-4-1-17(30)10-20(22)25-24-21(27(40)37-25)7-13(15-11-35-38(12-15)19-2-3-19)8-23(24)36-26(39)14-5-16(28(32,33)34)9-18(31)6-14/h1,4-12,19,25H,2-3H2,(H,36,39)(H,37,40). The molecule has 3 aromatic carbocycles. The molecular formula is C28H18ClF5N4O2. The van der Waals surface area contributed by atoms with Crippen LogP contribution >= 0.6 is 11.6 Å². The van der Waals surface area contributed by atoms with Gasteiger partial charge in [-0.1, -0.05) is 11.6 Å². The van der Waals surface area contributed by atoms with Crippen molar-refractivity contribution in [1.29, 1.82) is 0 Å². The first-order valence-electron chi connectivity index (χ1n) is 12.2. The van der Waals surface area contributed by atoms with Gasteiger partial charge in [0.1, 0.15) is 11.6 Å². The van der Waals surface area contributed by atoms with Crippen LogP contribution in [0.3, 0.4) is 0 Å². The molecule has 1 aliphatic heterocycles. The van der Waals surface area contributed by atoms with E-state index in [2.05, 4.69) is 15.7 Å². The fourth-order valence-corrected chi connectivity index (χ4v) is 5.00. The molecule has 1 unspecified atom stereocenters. The average Bonchev–Trinajstić information content (AvgIpc) is 3.53. The number of rotatable bonds is 5. The molecule has 0 spiro atoms. The summed E-state index contributed by atoms with van der Waals surface area (Å²) in [5, 5.41) is 9.78.